The number of rotatable bonds is 12. The van der Waals surface area contributed by atoms with Gasteiger partial charge in [0.15, 0.2) is 0 Å². The fourth-order valence-corrected chi connectivity index (χ4v) is 4.10. The molecule has 0 spiro atoms. The summed E-state index contributed by atoms with van der Waals surface area (Å²) in [6.45, 7) is 7.75. The monoisotopic (exact) mass is 422 g/mol. The molecule has 0 aliphatic heterocycles. The van der Waals surface area contributed by atoms with Gasteiger partial charge in [-0.15, -0.1) is 0 Å². The van der Waals surface area contributed by atoms with Crippen LogP contribution >= 0.6 is 0 Å². The molecule has 0 aromatic heterocycles. The fourth-order valence-electron chi connectivity index (χ4n) is 4.10. The number of esters is 1. The van der Waals surface area contributed by atoms with Gasteiger partial charge < -0.3 is 9.47 Å². The van der Waals surface area contributed by atoms with Gasteiger partial charge in [-0.3, -0.25) is 0 Å². The van der Waals surface area contributed by atoms with Gasteiger partial charge in [-0.25, -0.2) is 4.79 Å². The predicted molar refractivity (Wildman–Crippen MR) is 127 cm³/mol. The molecule has 0 heterocycles. The third-order valence-corrected chi connectivity index (χ3v) is 6.54. The van der Waals surface area contributed by atoms with E-state index in [0.29, 0.717) is 18.1 Å². The number of hydrogen-bond donors (Lipinski definition) is 0. The highest BCUT2D eigenvalue weighted by Crippen LogP contribution is 2.37. The standard InChI is InChI=1S/C28H38O3/c1-4-6-7-8-22-17-23(18-22)20-30-27-15-13-25(14-16-27)24-9-11-26(12-10-24)28(29)31-19-21(3)5-2/h9-16,21-23H,4-8,17-20H2,1-3H3/t21-,22?,23?/m0/s1. The molecule has 0 radical (unpaired) electrons. The minimum atomic E-state index is -0.251. The molecule has 0 bridgehead atoms. The first-order valence-corrected chi connectivity index (χ1v) is 12.1. The molecule has 2 aromatic carbocycles. The lowest BCUT2D eigenvalue weighted by atomic mass is 9.73. The van der Waals surface area contributed by atoms with Crippen molar-refractivity contribution < 1.29 is 14.3 Å². The highest BCUT2D eigenvalue weighted by molar-refractivity contribution is 5.90. The third-order valence-electron chi connectivity index (χ3n) is 6.54. The van der Waals surface area contributed by atoms with Crippen LogP contribution in [0.3, 0.4) is 0 Å². The molecule has 0 unspecified atom stereocenters. The van der Waals surface area contributed by atoms with Crippen molar-refractivity contribution in [1.82, 2.24) is 0 Å². The van der Waals surface area contributed by atoms with Crippen LogP contribution in [0.5, 0.6) is 5.75 Å². The second-order valence-electron chi connectivity index (χ2n) is 9.22. The van der Waals surface area contributed by atoms with Crippen LogP contribution in [0.2, 0.25) is 0 Å². The van der Waals surface area contributed by atoms with Crippen LogP contribution in [-0.2, 0) is 4.74 Å². The molecule has 0 N–H and O–H groups in total. The first kappa shape index (κ1) is 23.4. The molecule has 1 atom stereocenters. The van der Waals surface area contributed by atoms with E-state index in [-0.39, 0.29) is 5.97 Å². The smallest absolute Gasteiger partial charge is 0.338 e. The van der Waals surface area contributed by atoms with Gasteiger partial charge in [-0.05, 0) is 66.0 Å². The highest BCUT2D eigenvalue weighted by atomic mass is 16.5. The van der Waals surface area contributed by atoms with Crippen LogP contribution in [0, 0.1) is 17.8 Å². The average Bonchev–Trinajstić information content (AvgIpc) is 2.78. The second kappa shape index (κ2) is 11.9. The molecule has 0 amide bonds. The molecule has 1 aliphatic carbocycles. The molecular formula is C28H38O3. The van der Waals surface area contributed by atoms with Crippen molar-refractivity contribution in [3.05, 3.63) is 54.1 Å². The van der Waals surface area contributed by atoms with Gasteiger partial charge in [0, 0.05) is 0 Å². The van der Waals surface area contributed by atoms with Crippen molar-refractivity contribution in [2.45, 2.75) is 65.7 Å². The maximum absolute atomic E-state index is 12.2. The Morgan fingerprint density at radius 3 is 2.19 bits per heavy atom. The summed E-state index contributed by atoms with van der Waals surface area (Å²) < 4.78 is 11.4. The maximum atomic E-state index is 12.2. The highest BCUT2D eigenvalue weighted by Gasteiger charge is 2.28. The van der Waals surface area contributed by atoms with Crippen LogP contribution < -0.4 is 4.74 Å². The number of unbranched alkanes of at least 4 members (excludes halogenated alkanes) is 2. The van der Waals surface area contributed by atoms with E-state index in [1.54, 1.807) is 0 Å². The molecule has 3 nitrogen and oxygen atoms in total. The molecule has 3 heteroatoms. The Hall–Kier alpha value is -2.29. The van der Waals surface area contributed by atoms with E-state index in [1.807, 2.05) is 36.4 Å². The molecule has 2 aromatic rings. The number of carbonyl (C=O) groups is 1. The van der Waals surface area contributed by atoms with Crippen molar-refractivity contribution >= 4 is 5.97 Å². The molecule has 31 heavy (non-hydrogen) atoms. The van der Waals surface area contributed by atoms with Crippen molar-refractivity contribution in [3.8, 4) is 16.9 Å². The quantitative estimate of drug-likeness (QED) is 0.262. The summed E-state index contributed by atoms with van der Waals surface area (Å²) in [5, 5.41) is 0. The lowest BCUT2D eigenvalue weighted by Gasteiger charge is -2.35. The van der Waals surface area contributed by atoms with Gasteiger partial charge in [0.1, 0.15) is 5.75 Å². The Morgan fingerprint density at radius 2 is 1.58 bits per heavy atom. The number of ether oxygens (including phenoxy) is 2. The normalized spacial score (nSPS) is 18.8. The Balaban J connectivity index is 1.43. The Labute approximate surface area is 188 Å². The number of benzene rings is 2. The zero-order chi connectivity index (χ0) is 22.1. The van der Waals surface area contributed by atoms with Crippen LogP contribution in [0.25, 0.3) is 11.1 Å². The summed E-state index contributed by atoms with van der Waals surface area (Å²) in [6, 6.07) is 15.9. The minimum Gasteiger partial charge on any atom is -0.493 e. The van der Waals surface area contributed by atoms with E-state index in [0.717, 1.165) is 41.7 Å². The molecule has 1 fully saturated rings. The van der Waals surface area contributed by atoms with E-state index in [4.69, 9.17) is 9.47 Å². The van der Waals surface area contributed by atoms with E-state index in [9.17, 15) is 4.79 Å². The third kappa shape index (κ3) is 7.12. The van der Waals surface area contributed by atoms with Gasteiger partial charge in [-0.2, -0.15) is 0 Å². The second-order valence-corrected chi connectivity index (χ2v) is 9.22. The van der Waals surface area contributed by atoms with E-state index < -0.39 is 0 Å². The lowest BCUT2D eigenvalue weighted by molar-refractivity contribution is 0.0447. The molecular weight excluding hydrogens is 384 g/mol. The van der Waals surface area contributed by atoms with Gasteiger partial charge >= 0.3 is 5.97 Å². The summed E-state index contributed by atoms with van der Waals surface area (Å²) in [6.07, 6.45) is 9.12. The topological polar surface area (TPSA) is 35.5 Å². The maximum Gasteiger partial charge on any atom is 0.338 e. The average molecular weight is 423 g/mol. The van der Waals surface area contributed by atoms with Crippen LogP contribution in [0.4, 0.5) is 0 Å². The Morgan fingerprint density at radius 1 is 0.935 bits per heavy atom. The molecule has 1 saturated carbocycles. The van der Waals surface area contributed by atoms with Gasteiger partial charge in [0.05, 0.1) is 18.8 Å². The van der Waals surface area contributed by atoms with Crippen LogP contribution in [0.1, 0.15) is 76.1 Å². The summed E-state index contributed by atoms with van der Waals surface area (Å²) in [5.41, 5.74) is 2.80. The summed E-state index contributed by atoms with van der Waals surface area (Å²) >= 11 is 0. The van der Waals surface area contributed by atoms with Crippen molar-refractivity contribution in [1.29, 1.82) is 0 Å². The van der Waals surface area contributed by atoms with E-state index in [1.165, 1.54) is 38.5 Å². The molecule has 168 valence electrons. The summed E-state index contributed by atoms with van der Waals surface area (Å²) in [4.78, 5) is 12.2. The molecule has 0 saturated heterocycles. The SMILES string of the molecule is CCCCCC1CC(COc2ccc(-c3ccc(C(=O)OC[C@@H](C)CC)cc3)cc2)C1. The van der Waals surface area contributed by atoms with Crippen LogP contribution in [0.15, 0.2) is 48.5 Å². The van der Waals surface area contributed by atoms with E-state index >= 15 is 0 Å². The number of carbonyl (C=O) groups excluding carboxylic acids is 1. The van der Waals surface area contributed by atoms with Gasteiger partial charge in [0.2, 0.25) is 0 Å². The van der Waals surface area contributed by atoms with Gasteiger partial charge in [-0.1, -0.05) is 77.1 Å². The molecule has 3 rings (SSSR count). The lowest BCUT2D eigenvalue weighted by Crippen LogP contribution is -2.28. The first-order chi connectivity index (χ1) is 15.1. The zero-order valence-electron chi connectivity index (χ0n) is 19.4. The van der Waals surface area contributed by atoms with Crippen molar-refractivity contribution in [2.24, 2.45) is 17.8 Å². The van der Waals surface area contributed by atoms with Crippen LogP contribution in [-0.4, -0.2) is 19.2 Å². The Kier molecular flexibility index (Phi) is 8.99. The minimum absolute atomic E-state index is 0.251. The fraction of sp³-hybridized carbons (Fsp3) is 0.536. The summed E-state index contributed by atoms with van der Waals surface area (Å²) in [7, 11) is 0. The molecule has 1 aliphatic rings. The predicted octanol–water partition coefficient (Wildman–Crippen LogP) is 7.54. The Bertz CT molecular complexity index is 788. The number of hydrogen-bond acceptors (Lipinski definition) is 3. The first-order valence-electron chi connectivity index (χ1n) is 12.1. The largest absolute Gasteiger partial charge is 0.493 e. The summed E-state index contributed by atoms with van der Waals surface area (Å²) in [5.74, 6) is 2.72. The van der Waals surface area contributed by atoms with Gasteiger partial charge in [0.25, 0.3) is 0 Å². The van der Waals surface area contributed by atoms with E-state index in [2.05, 4.69) is 32.9 Å². The van der Waals surface area contributed by atoms with Crippen molar-refractivity contribution in [3.63, 3.8) is 0 Å². The van der Waals surface area contributed by atoms with Crippen molar-refractivity contribution in [2.75, 3.05) is 13.2 Å². The zero-order valence-corrected chi connectivity index (χ0v) is 19.4.